The molecule has 1 rings (SSSR count). The number of unbranched alkanes of at least 4 members (excludes halogenated alkanes) is 13. The second-order valence-electron chi connectivity index (χ2n) is 8.23. The largest absolute Gasteiger partial charge is 0.481 e. The molecule has 30 heavy (non-hydrogen) atoms. The first-order valence-corrected chi connectivity index (χ1v) is 11.9. The van der Waals surface area contributed by atoms with Gasteiger partial charge < -0.3 is 15.7 Å². The van der Waals surface area contributed by atoms with Gasteiger partial charge in [-0.25, -0.2) is 0 Å². The standard InChI is InChI=1S/C25H43N3O2/c1-28(23-19-15-14-16-20-23)25(26)27-22-18-13-11-9-7-5-3-2-4-6-8-10-12-17-21-24(29)30/h14-16,19-20H,2-13,17-18,21-22H2,1H3,(H2,26,27)(H,29,30). The summed E-state index contributed by atoms with van der Waals surface area (Å²) in [4.78, 5) is 16.9. The Hall–Kier alpha value is -2.04. The lowest BCUT2D eigenvalue weighted by Crippen LogP contribution is -2.34. The number of para-hydroxylation sites is 1. The highest BCUT2D eigenvalue weighted by molar-refractivity contribution is 5.94. The summed E-state index contributed by atoms with van der Waals surface area (Å²) in [5.74, 6) is -0.0821. The number of carboxylic acids is 1. The minimum Gasteiger partial charge on any atom is -0.481 e. The van der Waals surface area contributed by atoms with Gasteiger partial charge in [0.15, 0.2) is 5.96 Å². The molecule has 1 aromatic carbocycles. The fourth-order valence-electron chi connectivity index (χ4n) is 3.59. The lowest BCUT2D eigenvalue weighted by atomic mass is 10.0. The second-order valence-corrected chi connectivity index (χ2v) is 8.23. The maximum Gasteiger partial charge on any atom is 0.303 e. The zero-order valence-corrected chi connectivity index (χ0v) is 19.0. The van der Waals surface area contributed by atoms with E-state index in [1.54, 1.807) is 0 Å². The maximum atomic E-state index is 10.4. The third-order valence-electron chi connectivity index (χ3n) is 5.56. The summed E-state index contributed by atoms with van der Waals surface area (Å²) in [6.45, 7) is 0.805. The predicted molar refractivity (Wildman–Crippen MR) is 128 cm³/mol. The van der Waals surface area contributed by atoms with E-state index in [0.717, 1.165) is 31.5 Å². The molecule has 0 spiro atoms. The van der Waals surface area contributed by atoms with E-state index in [2.05, 4.69) is 4.99 Å². The molecule has 1 aromatic rings. The van der Waals surface area contributed by atoms with E-state index in [1.165, 1.54) is 70.6 Å². The van der Waals surface area contributed by atoms with Crippen molar-refractivity contribution in [1.82, 2.24) is 0 Å². The van der Waals surface area contributed by atoms with Crippen LogP contribution in [-0.4, -0.2) is 30.6 Å². The highest BCUT2D eigenvalue weighted by atomic mass is 16.4. The van der Waals surface area contributed by atoms with Crippen LogP contribution < -0.4 is 10.6 Å². The van der Waals surface area contributed by atoms with Crippen LogP contribution in [0.1, 0.15) is 96.3 Å². The quantitative estimate of drug-likeness (QED) is 0.165. The van der Waals surface area contributed by atoms with Gasteiger partial charge in [0.2, 0.25) is 0 Å². The average molecular weight is 418 g/mol. The molecule has 5 nitrogen and oxygen atoms in total. The Labute approximate surface area is 183 Å². The number of rotatable bonds is 18. The van der Waals surface area contributed by atoms with Crippen LogP contribution in [0.15, 0.2) is 35.3 Å². The molecular formula is C25H43N3O2. The number of nitrogens with two attached hydrogens (primary N) is 1. The number of aliphatic carboxylic acids is 1. The van der Waals surface area contributed by atoms with Gasteiger partial charge >= 0.3 is 5.97 Å². The van der Waals surface area contributed by atoms with Gasteiger partial charge in [-0.15, -0.1) is 0 Å². The molecule has 0 aliphatic carbocycles. The Morgan fingerprint density at radius 3 is 1.70 bits per heavy atom. The molecule has 170 valence electrons. The van der Waals surface area contributed by atoms with Crippen LogP contribution >= 0.6 is 0 Å². The Morgan fingerprint density at radius 1 is 0.800 bits per heavy atom. The number of hydrogen-bond acceptors (Lipinski definition) is 2. The van der Waals surface area contributed by atoms with Crippen molar-refractivity contribution in [2.45, 2.75) is 96.3 Å². The SMILES string of the molecule is CN(C(N)=NCCCCCCCCCCCCCCCCC(=O)O)c1ccccc1. The number of aliphatic imine (C=N–C) groups is 1. The van der Waals surface area contributed by atoms with Crippen LogP contribution in [-0.2, 0) is 4.79 Å². The van der Waals surface area contributed by atoms with Gasteiger partial charge in [0, 0.05) is 25.7 Å². The number of carboxylic acid groups (broad SMARTS) is 1. The van der Waals surface area contributed by atoms with E-state index in [9.17, 15) is 4.79 Å². The topological polar surface area (TPSA) is 78.9 Å². The summed E-state index contributed by atoms with van der Waals surface area (Å²) < 4.78 is 0. The summed E-state index contributed by atoms with van der Waals surface area (Å²) in [6.07, 6.45) is 17.6. The van der Waals surface area contributed by atoms with Crippen LogP contribution in [0.25, 0.3) is 0 Å². The minimum absolute atomic E-state index is 0.326. The van der Waals surface area contributed by atoms with E-state index in [4.69, 9.17) is 10.8 Å². The van der Waals surface area contributed by atoms with E-state index in [-0.39, 0.29) is 0 Å². The number of guanidine groups is 1. The molecular weight excluding hydrogens is 374 g/mol. The number of anilines is 1. The van der Waals surface area contributed by atoms with Crippen molar-refractivity contribution < 1.29 is 9.90 Å². The first kappa shape index (κ1) is 26.0. The smallest absolute Gasteiger partial charge is 0.303 e. The van der Waals surface area contributed by atoms with Crippen molar-refractivity contribution in [1.29, 1.82) is 0 Å². The second kappa shape index (κ2) is 17.8. The van der Waals surface area contributed by atoms with E-state index in [0.29, 0.717) is 12.4 Å². The molecule has 0 bridgehead atoms. The normalized spacial score (nSPS) is 11.6. The molecule has 0 saturated carbocycles. The maximum absolute atomic E-state index is 10.4. The van der Waals surface area contributed by atoms with Gasteiger partial charge in [-0.1, -0.05) is 95.2 Å². The number of carbonyl (C=O) groups is 1. The molecule has 3 N–H and O–H groups in total. The van der Waals surface area contributed by atoms with Crippen LogP contribution in [0.4, 0.5) is 5.69 Å². The molecule has 0 radical (unpaired) electrons. The highest BCUT2D eigenvalue weighted by Crippen LogP contribution is 2.14. The Kier molecular flexibility index (Phi) is 15.4. The fourth-order valence-corrected chi connectivity index (χ4v) is 3.59. The van der Waals surface area contributed by atoms with Gasteiger partial charge in [0.1, 0.15) is 0 Å². The minimum atomic E-state index is -0.667. The molecule has 0 aliphatic heterocycles. The van der Waals surface area contributed by atoms with Gasteiger partial charge in [-0.3, -0.25) is 9.79 Å². The first-order valence-electron chi connectivity index (χ1n) is 11.9. The zero-order valence-electron chi connectivity index (χ0n) is 19.0. The lowest BCUT2D eigenvalue weighted by molar-refractivity contribution is -0.137. The molecule has 5 heteroatoms. The van der Waals surface area contributed by atoms with Crippen molar-refractivity contribution in [2.24, 2.45) is 10.7 Å². The Bertz CT molecular complexity index is 575. The van der Waals surface area contributed by atoms with Gasteiger partial charge in [0.25, 0.3) is 0 Å². The van der Waals surface area contributed by atoms with E-state index in [1.807, 2.05) is 42.3 Å². The van der Waals surface area contributed by atoms with Crippen LogP contribution in [0.5, 0.6) is 0 Å². The predicted octanol–water partition coefficient (Wildman–Crippen LogP) is 6.37. The molecule has 0 aromatic heterocycles. The van der Waals surface area contributed by atoms with Gasteiger partial charge in [-0.05, 0) is 25.0 Å². The van der Waals surface area contributed by atoms with Crippen molar-refractivity contribution in [3.05, 3.63) is 30.3 Å². The molecule has 0 unspecified atom stereocenters. The molecule has 0 fully saturated rings. The van der Waals surface area contributed by atoms with Gasteiger partial charge in [0.05, 0.1) is 0 Å². The van der Waals surface area contributed by atoms with Crippen LogP contribution in [0, 0.1) is 0 Å². The third-order valence-corrected chi connectivity index (χ3v) is 5.56. The van der Waals surface area contributed by atoms with Crippen LogP contribution in [0.3, 0.4) is 0 Å². The highest BCUT2D eigenvalue weighted by Gasteiger charge is 2.03. The summed E-state index contributed by atoms with van der Waals surface area (Å²) in [5.41, 5.74) is 7.14. The summed E-state index contributed by atoms with van der Waals surface area (Å²) in [5, 5.41) is 8.59. The van der Waals surface area contributed by atoms with Crippen molar-refractivity contribution in [3.8, 4) is 0 Å². The molecule has 0 heterocycles. The van der Waals surface area contributed by atoms with Crippen molar-refractivity contribution in [3.63, 3.8) is 0 Å². The number of hydrogen-bond donors (Lipinski definition) is 2. The molecule has 0 aliphatic rings. The summed E-state index contributed by atoms with van der Waals surface area (Å²) >= 11 is 0. The van der Waals surface area contributed by atoms with E-state index < -0.39 is 5.97 Å². The lowest BCUT2D eigenvalue weighted by Gasteiger charge is -2.17. The summed E-state index contributed by atoms with van der Waals surface area (Å²) in [7, 11) is 1.96. The average Bonchev–Trinajstić information content (AvgIpc) is 2.75. The number of benzene rings is 1. The zero-order chi connectivity index (χ0) is 21.9. The van der Waals surface area contributed by atoms with Crippen LogP contribution in [0.2, 0.25) is 0 Å². The first-order chi connectivity index (χ1) is 14.6. The fraction of sp³-hybridized carbons (Fsp3) is 0.680. The summed E-state index contributed by atoms with van der Waals surface area (Å²) in [6, 6.07) is 10.1. The van der Waals surface area contributed by atoms with E-state index >= 15 is 0 Å². The monoisotopic (exact) mass is 417 g/mol. The third kappa shape index (κ3) is 14.0. The molecule has 0 atom stereocenters. The van der Waals surface area contributed by atoms with Gasteiger partial charge in [-0.2, -0.15) is 0 Å². The molecule has 0 amide bonds. The Balaban J connectivity index is 1.85. The Morgan fingerprint density at radius 2 is 1.23 bits per heavy atom. The number of nitrogens with zero attached hydrogens (tertiary/aromatic N) is 2. The van der Waals surface area contributed by atoms with Crippen molar-refractivity contribution >= 4 is 17.6 Å². The molecule has 0 saturated heterocycles. The van der Waals surface area contributed by atoms with Crippen molar-refractivity contribution in [2.75, 3.05) is 18.5 Å².